The first kappa shape index (κ1) is 28.5. The summed E-state index contributed by atoms with van der Waals surface area (Å²) >= 11 is 0. The molecule has 3 heterocycles. The number of nitrogens with zero attached hydrogens (tertiary/aromatic N) is 5. The third kappa shape index (κ3) is 4.79. The molecule has 0 N–H and O–H groups in total. The molecule has 2 unspecified atom stereocenters. The number of carbonyl (C=O) groups is 1. The molecule has 7 heteroatoms. The summed E-state index contributed by atoms with van der Waals surface area (Å²) in [6.07, 6.45) is 0. The number of likely N-dealkylation sites (N-methyl/N-ethyl adjacent to an activating group) is 3. The van der Waals surface area contributed by atoms with Gasteiger partial charge in [0.05, 0.1) is 11.5 Å². The van der Waals surface area contributed by atoms with E-state index < -0.39 is 11.0 Å². The predicted molar refractivity (Wildman–Crippen MR) is 140 cm³/mol. The Morgan fingerprint density at radius 1 is 0.750 bits per heavy atom. The Morgan fingerprint density at radius 3 is 1.72 bits per heavy atom. The third-order valence-electron chi connectivity index (χ3n) is 8.05. The van der Waals surface area contributed by atoms with Crippen molar-refractivity contribution in [3.63, 3.8) is 0 Å². The number of likely N-dealkylation sites (tertiary alicyclic amines) is 2. The standard InChI is InChI=1S/C27H36N4O.C2H3N.Co/c1-25(17-28(2)15-16-29(3)18-25)31-20-26(22-11-7-5-8-12-22)19-30(4)21-27(31,24(26)32)23-13-9-6-10-14-23;1-2-3;/h5-14H,15-21H2,1-4H3;1H3;. The van der Waals surface area contributed by atoms with Crippen molar-refractivity contribution in [3.05, 3.63) is 71.8 Å². The number of benzene rings is 2. The maximum Gasteiger partial charge on any atom is 0.172 e. The second-order valence-electron chi connectivity index (χ2n) is 11.0. The molecule has 0 aromatic heterocycles. The van der Waals surface area contributed by atoms with Gasteiger partial charge >= 0.3 is 0 Å². The Balaban J connectivity index is 0.000000861. The molecule has 3 saturated heterocycles. The third-order valence-corrected chi connectivity index (χ3v) is 8.05. The van der Waals surface area contributed by atoms with E-state index in [9.17, 15) is 4.79 Å². The van der Waals surface area contributed by atoms with Crippen LogP contribution in [0.2, 0.25) is 0 Å². The van der Waals surface area contributed by atoms with Gasteiger partial charge in [-0.1, -0.05) is 60.7 Å². The van der Waals surface area contributed by atoms with Crippen molar-refractivity contribution in [1.82, 2.24) is 19.6 Å². The summed E-state index contributed by atoms with van der Waals surface area (Å²) in [6.45, 7) is 10.1. The van der Waals surface area contributed by atoms with E-state index in [4.69, 9.17) is 5.26 Å². The molecule has 3 fully saturated rings. The zero-order chi connectivity index (χ0) is 25.3. The molecular weight excluding hydrogens is 493 g/mol. The number of nitriles is 1. The number of carbonyl (C=O) groups excluding carboxylic acids is 1. The van der Waals surface area contributed by atoms with E-state index in [2.05, 4.69) is 102 Å². The van der Waals surface area contributed by atoms with Crippen LogP contribution in [0.4, 0.5) is 0 Å². The normalized spacial score (nSPS) is 28.8. The molecule has 1 radical (unpaired) electrons. The van der Waals surface area contributed by atoms with Gasteiger partial charge in [-0.15, -0.1) is 0 Å². The van der Waals surface area contributed by atoms with E-state index in [1.807, 2.05) is 6.07 Å². The summed E-state index contributed by atoms with van der Waals surface area (Å²) in [4.78, 5) is 24.6. The van der Waals surface area contributed by atoms with Crippen LogP contribution in [-0.4, -0.2) is 97.9 Å². The first-order chi connectivity index (χ1) is 16.7. The molecule has 0 amide bonds. The van der Waals surface area contributed by atoms with Gasteiger partial charge in [0.25, 0.3) is 0 Å². The Bertz CT molecular complexity index is 1060. The number of rotatable bonds is 3. The molecule has 2 aromatic carbocycles. The fraction of sp³-hybridized carbons (Fsp3) is 0.517. The van der Waals surface area contributed by atoms with Gasteiger partial charge in [-0.3, -0.25) is 9.69 Å². The summed E-state index contributed by atoms with van der Waals surface area (Å²) in [7, 11) is 6.62. The monoisotopic (exact) mass is 532 g/mol. The Labute approximate surface area is 227 Å². The molecule has 0 saturated carbocycles. The van der Waals surface area contributed by atoms with Gasteiger partial charge < -0.3 is 14.7 Å². The molecule has 0 spiro atoms. The summed E-state index contributed by atoms with van der Waals surface area (Å²) in [5.74, 6) is 0.372. The number of piperidine rings is 1. The average molecular weight is 533 g/mol. The Morgan fingerprint density at radius 2 is 1.22 bits per heavy atom. The molecule has 3 aliphatic rings. The van der Waals surface area contributed by atoms with Crippen LogP contribution >= 0.6 is 0 Å². The molecule has 36 heavy (non-hydrogen) atoms. The average Bonchev–Trinajstić information content (AvgIpc) is 2.93. The van der Waals surface area contributed by atoms with Crippen LogP contribution in [0, 0.1) is 11.3 Å². The van der Waals surface area contributed by atoms with Gasteiger partial charge in [0, 0.05) is 75.1 Å². The number of hydrogen-bond donors (Lipinski definition) is 0. The molecule has 0 aliphatic carbocycles. The molecule has 3 aliphatic heterocycles. The van der Waals surface area contributed by atoms with Gasteiger partial charge in [-0.2, -0.15) is 5.26 Å². The van der Waals surface area contributed by atoms with Crippen molar-refractivity contribution in [3.8, 4) is 6.07 Å². The maximum atomic E-state index is 14.7. The molecule has 6 nitrogen and oxygen atoms in total. The van der Waals surface area contributed by atoms with Crippen LogP contribution in [0.5, 0.6) is 0 Å². The van der Waals surface area contributed by atoms with E-state index in [1.165, 1.54) is 6.92 Å². The van der Waals surface area contributed by atoms with Crippen LogP contribution in [-0.2, 0) is 32.5 Å². The minimum atomic E-state index is -0.648. The van der Waals surface area contributed by atoms with Crippen molar-refractivity contribution in [2.24, 2.45) is 0 Å². The van der Waals surface area contributed by atoms with E-state index in [0.29, 0.717) is 5.78 Å². The fourth-order valence-electron chi connectivity index (χ4n) is 6.88. The van der Waals surface area contributed by atoms with Crippen molar-refractivity contribution in [1.29, 1.82) is 5.26 Å². The molecule has 2 aromatic rings. The Hall–Kier alpha value is -2.05. The number of fused-ring (bicyclic) bond motifs is 2. The molecule has 5 rings (SSSR count). The molecule has 2 bridgehead atoms. The zero-order valence-corrected chi connectivity index (χ0v) is 23.2. The number of hydrogen-bond acceptors (Lipinski definition) is 6. The smallest absolute Gasteiger partial charge is 0.172 e. The van der Waals surface area contributed by atoms with E-state index >= 15 is 0 Å². The van der Waals surface area contributed by atoms with Crippen LogP contribution in [0.3, 0.4) is 0 Å². The first-order valence-corrected chi connectivity index (χ1v) is 12.5. The Kier molecular flexibility index (Phi) is 8.82. The minimum absolute atomic E-state index is 0. The second kappa shape index (κ2) is 11.1. The van der Waals surface area contributed by atoms with Gasteiger partial charge in [0.2, 0.25) is 0 Å². The largest absolute Gasteiger partial charge is 0.303 e. The molecule has 195 valence electrons. The van der Waals surface area contributed by atoms with Crippen molar-refractivity contribution >= 4 is 5.78 Å². The van der Waals surface area contributed by atoms with Gasteiger partial charge in [-0.05, 0) is 39.2 Å². The van der Waals surface area contributed by atoms with E-state index in [1.54, 1.807) is 6.07 Å². The summed E-state index contributed by atoms with van der Waals surface area (Å²) < 4.78 is 0. The van der Waals surface area contributed by atoms with Crippen molar-refractivity contribution in [2.75, 3.05) is 67.0 Å². The number of ketones is 1. The summed E-state index contributed by atoms with van der Waals surface area (Å²) in [6, 6.07) is 22.8. The zero-order valence-electron chi connectivity index (χ0n) is 22.2. The summed E-state index contributed by atoms with van der Waals surface area (Å²) in [5, 5.41) is 7.32. The van der Waals surface area contributed by atoms with Crippen molar-refractivity contribution in [2.45, 2.75) is 30.3 Å². The van der Waals surface area contributed by atoms with Gasteiger partial charge in [0.1, 0.15) is 5.54 Å². The quantitative estimate of drug-likeness (QED) is 0.606. The SMILES string of the molecule is CC#N.CN1CCN(C)CC(C)(N2CC3(c4ccccc4)CN(C)CC2(c2ccccc2)C3=O)C1.[Co]. The second-order valence-corrected chi connectivity index (χ2v) is 11.0. The van der Waals surface area contributed by atoms with Crippen LogP contribution < -0.4 is 0 Å². The van der Waals surface area contributed by atoms with E-state index in [0.717, 1.165) is 56.9 Å². The topological polar surface area (TPSA) is 53.8 Å². The fourth-order valence-corrected chi connectivity index (χ4v) is 6.88. The van der Waals surface area contributed by atoms with Crippen LogP contribution in [0.25, 0.3) is 0 Å². The first-order valence-electron chi connectivity index (χ1n) is 12.5. The predicted octanol–water partition coefficient (Wildman–Crippen LogP) is 2.81. The van der Waals surface area contributed by atoms with Crippen molar-refractivity contribution < 1.29 is 21.6 Å². The van der Waals surface area contributed by atoms with Gasteiger partial charge in [-0.25, -0.2) is 0 Å². The minimum Gasteiger partial charge on any atom is -0.303 e. The van der Waals surface area contributed by atoms with Crippen LogP contribution in [0.15, 0.2) is 60.7 Å². The van der Waals surface area contributed by atoms with Crippen LogP contribution in [0.1, 0.15) is 25.0 Å². The number of Topliss-reactive ketones (excluding diaryl/α,β-unsaturated/α-hetero) is 1. The molecule has 2 atom stereocenters. The molecular formula is C29H39CoN5O. The summed E-state index contributed by atoms with van der Waals surface area (Å²) in [5.41, 5.74) is 0.970. The van der Waals surface area contributed by atoms with E-state index in [-0.39, 0.29) is 22.3 Å². The maximum absolute atomic E-state index is 14.7. The van der Waals surface area contributed by atoms with Gasteiger partial charge in [0.15, 0.2) is 5.78 Å².